The Morgan fingerprint density at radius 3 is 2.88 bits per heavy atom. The van der Waals surface area contributed by atoms with Crippen LogP contribution in [0.15, 0.2) is 24.3 Å². The van der Waals surface area contributed by atoms with Crippen molar-refractivity contribution in [2.75, 3.05) is 38.4 Å². The van der Waals surface area contributed by atoms with Crippen LogP contribution in [-0.4, -0.2) is 57.8 Å². The highest BCUT2D eigenvalue weighted by molar-refractivity contribution is 7.88. The molecule has 1 aromatic rings. The predicted octanol–water partition coefficient (Wildman–Crippen LogP) is 1.46. The summed E-state index contributed by atoms with van der Waals surface area (Å²) < 4.78 is 35.7. The van der Waals surface area contributed by atoms with Gasteiger partial charge in [0, 0.05) is 37.9 Å². The van der Waals surface area contributed by atoms with E-state index in [2.05, 4.69) is 5.32 Å². The van der Waals surface area contributed by atoms with Crippen molar-refractivity contribution in [1.82, 2.24) is 4.31 Å². The first-order chi connectivity index (χ1) is 11.4. The van der Waals surface area contributed by atoms with Gasteiger partial charge in [-0.1, -0.05) is 6.07 Å². The van der Waals surface area contributed by atoms with Crippen molar-refractivity contribution in [3.05, 3.63) is 24.3 Å². The second-order valence-electron chi connectivity index (χ2n) is 5.79. The van der Waals surface area contributed by atoms with Gasteiger partial charge in [-0.15, -0.1) is 0 Å². The molecule has 0 aliphatic carbocycles. The van der Waals surface area contributed by atoms with Gasteiger partial charge in [0.15, 0.2) is 0 Å². The number of ether oxygens (including phenoxy) is 2. The maximum Gasteiger partial charge on any atom is 0.225 e. The Hall–Kier alpha value is -1.64. The summed E-state index contributed by atoms with van der Waals surface area (Å²) in [5.74, 6) is 0.396. The zero-order chi connectivity index (χ0) is 17.6. The normalized spacial score (nSPS) is 17.9. The lowest BCUT2D eigenvalue weighted by Crippen LogP contribution is -2.38. The summed E-state index contributed by atoms with van der Waals surface area (Å²) in [6.45, 7) is 1.10. The largest absolute Gasteiger partial charge is 0.497 e. The number of benzene rings is 1. The van der Waals surface area contributed by atoms with Crippen LogP contribution in [0, 0.1) is 0 Å². The van der Waals surface area contributed by atoms with E-state index < -0.39 is 10.0 Å². The van der Waals surface area contributed by atoms with Crippen molar-refractivity contribution < 1.29 is 22.7 Å². The van der Waals surface area contributed by atoms with Crippen LogP contribution in [0.5, 0.6) is 5.75 Å². The third-order valence-electron chi connectivity index (χ3n) is 3.84. The van der Waals surface area contributed by atoms with Crippen molar-refractivity contribution in [2.45, 2.75) is 25.4 Å². The van der Waals surface area contributed by atoms with E-state index >= 15 is 0 Å². The van der Waals surface area contributed by atoms with Gasteiger partial charge in [0.2, 0.25) is 15.9 Å². The molecule has 24 heavy (non-hydrogen) atoms. The number of methoxy groups -OCH3 is 1. The van der Waals surface area contributed by atoms with Crippen LogP contribution in [0.3, 0.4) is 0 Å². The van der Waals surface area contributed by atoms with Crippen molar-refractivity contribution in [2.24, 2.45) is 0 Å². The van der Waals surface area contributed by atoms with E-state index in [-0.39, 0.29) is 25.0 Å². The van der Waals surface area contributed by atoms with E-state index in [1.54, 1.807) is 31.4 Å². The first-order valence-corrected chi connectivity index (χ1v) is 9.74. The average molecular weight is 356 g/mol. The average Bonchev–Trinajstić information content (AvgIpc) is 3.03. The molecule has 1 unspecified atom stereocenters. The monoisotopic (exact) mass is 356 g/mol. The molecular weight excluding hydrogens is 332 g/mol. The van der Waals surface area contributed by atoms with Crippen molar-refractivity contribution >= 4 is 21.6 Å². The Morgan fingerprint density at radius 2 is 2.25 bits per heavy atom. The molecule has 1 fully saturated rings. The number of carbonyl (C=O) groups is 1. The van der Waals surface area contributed by atoms with Crippen molar-refractivity contribution in [1.29, 1.82) is 0 Å². The molecule has 0 aromatic heterocycles. The summed E-state index contributed by atoms with van der Waals surface area (Å²) in [6, 6.07) is 7.01. The second kappa shape index (κ2) is 8.46. The lowest BCUT2D eigenvalue weighted by molar-refractivity contribution is -0.116. The number of anilines is 1. The first-order valence-electron chi connectivity index (χ1n) is 7.89. The Morgan fingerprint density at radius 1 is 1.46 bits per heavy atom. The van der Waals surface area contributed by atoms with Gasteiger partial charge >= 0.3 is 0 Å². The minimum Gasteiger partial charge on any atom is -0.497 e. The molecule has 0 radical (unpaired) electrons. The Bertz CT molecular complexity index is 656. The summed E-state index contributed by atoms with van der Waals surface area (Å²) in [6.07, 6.45) is 2.95. The first kappa shape index (κ1) is 18.7. The molecule has 1 atom stereocenters. The zero-order valence-electron chi connectivity index (χ0n) is 14.0. The molecule has 2 rings (SSSR count). The van der Waals surface area contributed by atoms with E-state index in [1.165, 1.54) is 4.31 Å². The SMILES string of the molecule is COc1cccc(NC(=O)CCN(CC2CCCO2)S(C)(=O)=O)c1. The van der Waals surface area contributed by atoms with Crippen LogP contribution in [0.25, 0.3) is 0 Å². The number of nitrogens with one attached hydrogen (secondary N) is 1. The second-order valence-corrected chi connectivity index (χ2v) is 7.77. The minimum atomic E-state index is -3.38. The molecular formula is C16H24N2O5S. The number of nitrogens with zero attached hydrogens (tertiary/aromatic N) is 1. The van der Waals surface area contributed by atoms with Gasteiger partial charge in [-0.2, -0.15) is 4.31 Å². The van der Waals surface area contributed by atoms with Gasteiger partial charge < -0.3 is 14.8 Å². The summed E-state index contributed by atoms with van der Waals surface area (Å²) in [7, 11) is -1.83. The van der Waals surface area contributed by atoms with Gasteiger partial charge in [-0.3, -0.25) is 4.79 Å². The molecule has 1 N–H and O–H groups in total. The number of amides is 1. The molecule has 1 heterocycles. The summed E-state index contributed by atoms with van der Waals surface area (Å²) in [4.78, 5) is 12.1. The van der Waals surface area contributed by atoms with Gasteiger partial charge in [0.25, 0.3) is 0 Å². The van der Waals surface area contributed by atoms with Gasteiger partial charge in [-0.25, -0.2) is 8.42 Å². The highest BCUT2D eigenvalue weighted by Crippen LogP contribution is 2.18. The van der Waals surface area contributed by atoms with E-state index in [0.29, 0.717) is 24.6 Å². The molecule has 7 nitrogen and oxygen atoms in total. The highest BCUT2D eigenvalue weighted by atomic mass is 32.2. The molecule has 0 spiro atoms. The fraction of sp³-hybridized carbons (Fsp3) is 0.562. The maximum absolute atomic E-state index is 12.1. The summed E-state index contributed by atoms with van der Waals surface area (Å²) in [5, 5.41) is 2.75. The molecule has 1 aliphatic rings. The van der Waals surface area contributed by atoms with Crippen LogP contribution in [0.1, 0.15) is 19.3 Å². The van der Waals surface area contributed by atoms with E-state index in [4.69, 9.17) is 9.47 Å². The van der Waals surface area contributed by atoms with Crippen LogP contribution in [-0.2, 0) is 19.6 Å². The molecule has 1 amide bonds. The van der Waals surface area contributed by atoms with Crippen molar-refractivity contribution in [3.63, 3.8) is 0 Å². The van der Waals surface area contributed by atoms with E-state index in [1.807, 2.05) is 0 Å². The Balaban J connectivity index is 1.89. The standard InChI is InChI=1S/C16H24N2O5S/c1-22-14-6-3-5-13(11-14)17-16(19)8-9-18(24(2,20)21)12-15-7-4-10-23-15/h3,5-6,11,15H,4,7-10,12H2,1-2H3,(H,17,19). The number of sulfonamides is 1. The molecule has 0 saturated carbocycles. The summed E-state index contributed by atoms with van der Waals surface area (Å²) >= 11 is 0. The van der Waals surface area contributed by atoms with Gasteiger partial charge in [0.05, 0.1) is 19.5 Å². The molecule has 1 saturated heterocycles. The molecule has 1 aromatic carbocycles. The zero-order valence-corrected chi connectivity index (χ0v) is 14.8. The van der Waals surface area contributed by atoms with Crippen molar-refractivity contribution in [3.8, 4) is 5.75 Å². The molecule has 1 aliphatic heterocycles. The van der Waals surface area contributed by atoms with Crippen LogP contribution < -0.4 is 10.1 Å². The highest BCUT2D eigenvalue weighted by Gasteiger charge is 2.25. The lowest BCUT2D eigenvalue weighted by atomic mass is 10.2. The number of carbonyl (C=O) groups excluding carboxylic acids is 1. The molecule has 134 valence electrons. The fourth-order valence-corrected chi connectivity index (χ4v) is 3.42. The fourth-order valence-electron chi connectivity index (χ4n) is 2.56. The topological polar surface area (TPSA) is 84.9 Å². The minimum absolute atomic E-state index is 0.0804. The van der Waals surface area contributed by atoms with E-state index in [9.17, 15) is 13.2 Å². The van der Waals surface area contributed by atoms with Crippen LogP contribution >= 0.6 is 0 Å². The maximum atomic E-state index is 12.1. The third kappa shape index (κ3) is 5.77. The van der Waals surface area contributed by atoms with Gasteiger partial charge in [0.1, 0.15) is 5.75 Å². The molecule has 8 heteroatoms. The van der Waals surface area contributed by atoms with Crippen LogP contribution in [0.2, 0.25) is 0 Å². The number of rotatable bonds is 8. The molecule has 0 bridgehead atoms. The predicted molar refractivity (Wildman–Crippen MR) is 91.6 cm³/mol. The number of hydrogen-bond donors (Lipinski definition) is 1. The van der Waals surface area contributed by atoms with E-state index in [0.717, 1.165) is 19.1 Å². The number of hydrogen-bond acceptors (Lipinski definition) is 5. The Kier molecular flexibility index (Phi) is 6.59. The lowest BCUT2D eigenvalue weighted by Gasteiger charge is -2.22. The van der Waals surface area contributed by atoms with Gasteiger partial charge in [-0.05, 0) is 25.0 Å². The summed E-state index contributed by atoms with van der Waals surface area (Å²) in [5.41, 5.74) is 0.615. The van der Waals surface area contributed by atoms with Crippen LogP contribution in [0.4, 0.5) is 5.69 Å². The third-order valence-corrected chi connectivity index (χ3v) is 5.11. The smallest absolute Gasteiger partial charge is 0.225 e. The quantitative estimate of drug-likeness (QED) is 0.762. The Labute approximate surface area is 143 Å².